The lowest BCUT2D eigenvalue weighted by molar-refractivity contribution is 0.0790. The van der Waals surface area contributed by atoms with Crippen LogP contribution in [0.3, 0.4) is 0 Å². The first kappa shape index (κ1) is 11.6. The van der Waals surface area contributed by atoms with Crippen LogP contribution >= 0.6 is 0 Å². The lowest BCUT2D eigenvalue weighted by atomic mass is 10.2. The molecular formula is C9H13F2N3O. The summed E-state index contributed by atoms with van der Waals surface area (Å²) >= 11 is 0. The molecule has 0 aliphatic carbocycles. The first-order valence-corrected chi connectivity index (χ1v) is 4.61. The third-order valence-electron chi connectivity index (χ3n) is 1.84. The largest absolute Gasteiger partial charge is 0.471 e. The molecule has 15 heavy (non-hydrogen) atoms. The molecule has 0 unspecified atom stereocenters. The molecule has 0 aliphatic rings. The van der Waals surface area contributed by atoms with Gasteiger partial charge in [0, 0.05) is 7.05 Å². The van der Waals surface area contributed by atoms with Gasteiger partial charge in [0.2, 0.25) is 5.88 Å². The van der Waals surface area contributed by atoms with Crippen molar-refractivity contribution in [3.63, 3.8) is 0 Å². The van der Waals surface area contributed by atoms with E-state index in [0.29, 0.717) is 17.8 Å². The molecule has 1 aromatic rings. The van der Waals surface area contributed by atoms with Crippen LogP contribution in [0.4, 0.5) is 14.6 Å². The predicted molar refractivity (Wildman–Crippen MR) is 52.5 cm³/mol. The van der Waals surface area contributed by atoms with E-state index in [1.54, 1.807) is 7.05 Å². The molecule has 0 bridgehead atoms. The fourth-order valence-corrected chi connectivity index (χ4v) is 1.20. The van der Waals surface area contributed by atoms with E-state index in [9.17, 15) is 8.78 Å². The number of nitrogens with zero attached hydrogens (tertiary/aromatic N) is 2. The zero-order valence-electron chi connectivity index (χ0n) is 8.63. The average Bonchev–Trinajstić information content (AvgIpc) is 2.25. The van der Waals surface area contributed by atoms with E-state index in [2.05, 4.69) is 15.3 Å². The number of hydrogen-bond donors (Lipinski definition) is 1. The average molecular weight is 217 g/mol. The molecular weight excluding hydrogens is 204 g/mol. The second-order valence-electron chi connectivity index (χ2n) is 2.81. The summed E-state index contributed by atoms with van der Waals surface area (Å²) in [6.07, 6.45) is -0.593. The second-order valence-corrected chi connectivity index (χ2v) is 2.81. The molecule has 0 aromatic carbocycles. The third kappa shape index (κ3) is 3.00. The lowest BCUT2D eigenvalue weighted by Crippen LogP contribution is -2.11. The van der Waals surface area contributed by atoms with Gasteiger partial charge in [-0.2, -0.15) is 0 Å². The minimum absolute atomic E-state index is 0.220. The van der Waals surface area contributed by atoms with Gasteiger partial charge in [0.15, 0.2) is 6.61 Å². The standard InChI is InChI=1S/C9H13F2N3O/c1-3-6-8(12-2)13-5-14-9(6)15-4-7(10)11/h5,7H,3-4H2,1-2H3,(H,12,13,14). The van der Waals surface area contributed by atoms with Crippen LogP contribution in [-0.4, -0.2) is 30.0 Å². The van der Waals surface area contributed by atoms with Crippen molar-refractivity contribution >= 4 is 5.82 Å². The Bertz CT molecular complexity index is 320. The number of halogens is 2. The second kappa shape index (κ2) is 5.43. The Labute approximate surface area is 86.7 Å². The number of nitrogens with one attached hydrogen (secondary N) is 1. The van der Waals surface area contributed by atoms with Crippen LogP contribution in [0.15, 0.2) is 6.33 Å². The number of ether oxygens (including phenoxy) is 1. The summed E-state index contributed by atoms with van der Waals surface area (Å²) in [4.78, 5) is 7.79. The molecule has 1 heterocycles. The fourth-order valence-electron chi connectivity index (χ4n) is 1.20. The molecule has 0 saturated carbocycles. The maximum absolute atomic E-state index is 12.0. The van der Waals surface area contributed by atoms with Gasteiger partial charge in [0.25, 0.3) is 6.43 Å². The Morgan fingerprint density at radius 1 is 1.47 bits per heavy atom. The van der Waals surface area contributed by atoms with Gasteiger partial charge >= 0.3 is 0 Å². The molecule has 0 fully saturated rings. The highest BCUT2D eigenvalue weighted by molar-refractivity contribution is 5.48. The van der Waals surface area contributed by atoms with Gasteiger partial charge in [-0.15, -0.1) is 0 Å². The lowest BCUT2D eigenvalue weighted by Gasteiger charge is -2.11. The minimum atomic E-state index is -2.50. The predicted octanol–water partition coefficient (Wildman–Crippen LogP) is 1.72. The molecule has 1 N–H and O–H groups in total. The van der Waals surface area contributed by atoms with Crippen LogP contribution in [0.25, 0.3) is 0 Å². The Balaban J connectivity index is 2.86. The molecule has 0 saturated heterocycles. The van der Waals surface area contributed by atoms with E-state index in [1.165, 1.54) is 6.33 Å². The molecule has 4 nitrogen and oxygen atoms in total. The molecule has 0 radical (unpaired) electrons. The van der Waals surface area contributed by atoms with E-state index >= 15 is 0 Å². The molecule has 1 aromatic heterocycles. The third-order valence-corrected chi connectivity index (χ3v) is 1.84. The smallest absolute Gasteiger partial charge is 0.272 e. The first-order valence-electron chi connectivity index (χ1n) is 4.61. The van der Waals surface area contributed by atoms with Gasteiger partial charge in [-0.1, -0.05) is 6.92 Å². The number of alkyl halides is 2. The van der Waals surface area contributed by atoms with Crippen LogP contribution < -0.4 is 10.1 Å². The van der Waals surface area contributed by atoms with Crippen molar-refractivity contribution in [3.05, 3.63) is 11.9 Å². The van der Waals surface area contributed by atoms with Gasteiger partial charge in [0.1, 0.15) is 12.1 Å². The Morgan fingerprint density at radius 3 is 2.73 bits per heavy atom. The van der Waals surface area contributed by atoms with Crippen LogP contribution in [-0.2, 0) is 6.42 Å². The summed E-state index contributed by atoms with van der Waals surface area (Å²) in [6.45, 7) is 1.24. The summed E-state index contributed by atoms with van der Waals surface area (Å²) < 4.78 is 28.8. The van der Waals surface area contributed by atoms with Crippen LogP contribution in [0.2, 0.25) is 0 Å². The van der Waals surface area contributed by atoms with Crippen molar-refractivity contribution in [1.82, 2.24) is 9.97 Å². The van der Waals surface area contributed by atoms with Crippen LogP contribution in [0.1, 0.15) is 12.5 Å². The topological polar surface area (TPSA) is 47.0 Å². The maximum atomic E-state index is 12.0. The van der Waals surface area contributed by atoms with Gasteiger partial charge in [-0.25, -0.2) is 18.7 Å². The fraction of sp³-hybridized carbons (Fsp3) is 0.556. The SMILES string of the molecule is CCc1c(NC)ncnc1OCC(F)F. The van der Waals surface area contributed by atoms with Gasteiger partial charge in [-0.05, 0) is 6.42 Å². The normalized spacial score (nSPS) is 10.5. The van der Waals surface area contributed by atoms with E-state index in [-0.39, 0.29) is 5.88 Å². The molecule has 1 rings (SSSR count). The van der Waals surface area contributed by atoms with Crippen LogP contribution in [0.5, 0.6) is 5.88 Å². The van der Waals surface area contributed by atoms with Crippen molar-refractivity contribution < 1.29 is 13.5 Å². The number of rotatable bonds is 5. The summed E-state index contributed by atoms with van der Waals surface area (Å²) in [5, 5.41) is 2.86. The number of aromatic nitrogens is 2. The monoisotopic (exact) mass is 217 g/mol. The van der Waals surface area contributed by atoms with E-state index in [1.807, 2.05) is 6.92 Å². The molecule has 84 valence electrons. The minimum Gasteiger partial charge on any atom is -0.471 e. The van der Waals surface area contributed by atoms with Crippen molar-refractivity contribution in [3.8, 4) is 5.88 Å². The van der Waals surface area contributed by atoms with Crippen molar-refractivity contribution in [2.45, 2.75) is 19.8 Å². The van der Waals surface area contributed by atoms with Crippen molar-refractivity contribution in [1.29, 1.82) is 0 Å². The quantitative estimate of drug-likeness (QED) is 0.815. The Kier molecular flexibility index (Phi) is 4.20. The maximum Gasteiger partial charge on any atom is 0.272 e. The zero-order valence-corrected chi connectivity index (χ0v) is 8.63. The molecule has 0 aliphatic heterocycles. The van der Waals surface area contributed by atoms with E-state index in [0.717, 1.165) is 0 Å². The summed E-state index contributed by atoms with van der Waals surface area (Å²) in [7, 11) is 1.71. The highest BCUT2D eigenvalue weighted by Gasteiger charge is 2.11. The first-order chi connectivity index (χ1) is 7.19. The highest BCUT2D eigenvalue weighted by Crippen LogP contribution is 2.22. The van der Waals surface area contributed by atoms with Crippen LogP contribution in [0, 0.1) is 0 Å². The van der Waals surface area contributed by atoms with Gasteiger partial charge in [0.05, 0.1) is 5.56 Å². The Hall–Kier alpha value is -1.46. The van der Waals surface area contributed by atoms with Gasteiger partial charge < -0.3 is 10.1 Å². The summed E-state index contributed by atoms with van der Waals surface area (Å²) in [6, 6.07) is 0. The van der Waals surface area contributed by atoms with E-state index < -0.39 is 13.0 Å². The molecule has 0 spiro atoms. The molecule has 0 amide bonds. The summed E-state index contributed by atoms with van der Waals surface area (Å²) in [5.41, 5.74) is 0.709. The molecule has 6 heteroatoms. The zero-order chi connectivity index (χ0) is 11.3. The Morgan fingerprint density at radius 2 is 2.20 bits per heavy atom. The molecule has 0 atom stereocenters. The van der Waals surface area contributed by atoms with Crippen molar-refractivity contribution in [2.75, 3.05) is 19.0 Å². The summed E-state index contributed by atoms with van der Waals surface area (Å²) in [5.74, 6) is 0.828. The van der Waals surface area contributed by atoms with E-state index in [4.69, 9.17) is 4.74 Å². The number of anilines is 1. The number of hydrogen-bond acceptors (Lipinski definition) is 4. The van der Waals surface area contributed by atoms with Crippen molar-refractivity contribution in [2.24, 2.45) is 0 Å². The van der Waals surface area contributed by atoms with Gasteiger partial charge in [-0.3, -0.25) is 0 Å². The highest BCUT2D eigenvalue weighted by atomic mass is 19.3.